The third kappa shape index (κ3) is 2.65. The van der Waals surface area contributed by atoms with Crippen LogP contribution in [0.15, 0.2) is 39.6 Å². The van der Waals surface area contributed by atoms with Crippen molar-refractivity contribution in [1.29, 1.82) is 0 Å². The first-order chi connectivity index (χ1) is 9.95. The molecule has 1 atom stereocenters. The van der Waals surface area contributed by atoms with Crippen LogP contribution in [0.25, 0.3) is 11.0 Å². The average Bonchev–Trinajstić information content (AvgIpc) is 2.79. The molecule has 0 aliphatic heterocycles. The van der Waals surface area contributed by atoms with Crippen molar-refractivity contribution in [3.63, 3.8) is 0 Å². The van der Waals surface area contributed by atoms with Crippen LogP contribution in [-0.4, -0.2) is 9.97 Å². The zero-order valence-corrected chi connectivity index (χ0v) is 14.0. The van der Waals surface area contributed by atoms with Gasteiger partial charge in [-0.2, -0.15) is 0 Å². The second kappa shape index (κ2) is 5.35. The van der Waals surface area contributed by atoms with Crippen LogP contribution in [0.1, 0.15) is 27.6 Å². The van der Waals surface area contributed by atoms with Crippen LogP contribution in [0.4, 0.5) is 0 Å². The normalized spacial score (nSPS) is 12.8. The van der Waals surface area contributed by atoms with Gasteiger partial charge in [0.2, 0.25) is 0 Å². The highest BCUT2D eigenvalue weighted by Crippen LogP contribution is 2.37. The minimum Gasteiger partial charge on any atom is -0.306 e. The van der Waals surface area contributed by atoms with Crippen molar-refractivity contribution < 1.29 is 0 Å². The Morgan fingerprint density at radius 2 is 1.71 bits per heavy atom. The van der Waals surface area contributed by atoms with E-state index in [1.165, 1.54) is 5.56 Å². The number of imidazole rings is 1. The van der Waals surface area contributed by atoms with E-state index in [1.807, 2.05) is 12.1 Å². The fourth-order valence-electron chi connectivity index (χ4n) is 2.47. The van der Waals surface area contributed by atoms with Crippen molar-refractivity contribution >= 4 is 38.6 Å². The summed E-state index contributed by atoms with van der Waals surface area (Å²) in [4.78, 5) is 16.9. The minimum atomic E-state index is -0.276. The van der Waals surface area contributed by atoms with E-state index in [9.17, 15) is 4.79 Å². The maximum absolute atomic E-state index is 11.4. The summed E-state index contributed by atoms with van der Waals surface area (Å²) in [5.74, 6) is 0. The molecular weight excluding hydrogens is 352 g/mol. The molecule has 2 aromatic carbocycles. The Morgan fingerprint density at radius 3 is 2.43 bits per heavy atom. The maximum Gasteiger partial charge on any atom is 0.323 e. The van der Waals surface area contributed by atoms with Gasteiger partial charge in [-0.3, -0.25) is 0 Å². The largest absolute Gasteiger partial charge is 0.323 e. The van der Waals surface area contributed by atoms with Crippen LogP contribution < -0.4 is 5.69 Å². The molecule has 3 aromatic rings. The van der Waals surface area contributed by atoms with Gasteiger partial charge in [-0.25, -0.2) is 4.79 Å². The van der Waals surface area contributed by atoms with Crippen molar-refractivity contribution in [3.05, 3.63) is 67.5 Å². The van der Waals surface area contributed by atoms with Gasteiger partial charge >= 0.3 is 5.69 Å². The molecule has 0 fully saturated rings. The van der Waals surface area contributed by atoms with Crippen molar-refractivity contribution in [2.75, 3.05) is 0 Å². The van der Waals surface area contributed by atoms with Crippen molar-refractivity contribution in [2.24, 2.45) is 0 Å². The summed E-state index contributed by atoms with van der Waals surface area (Å²) in [6.45, 7) is 4.10. The van der Waals surface area contributed by atoms with E-state index in [4.69, 9.17) is 11.6 Å². The van der Waals surface area contributed by atoms with Crippen molar-refractivity contribution in [1.82, 2.24) is 9.97 Å². The molecule has 0 saturated heterocycles. The molecular formula is C16H14BrClN2O. The predicted molar refractivity (Wildman–Crippen MR) is 90.2 cm³/mol. The molecule has 1 unspecified atom stereocenters. The number of alkyl halides is 1. The summed E-state index contributed by atoms with van der Waals surface area (Å²) in [5.41, 5.74) is 5.65. The molecule has 1 aromatic heterocycles. The number of aromatic amines is 2. The van der Waals surface area contributed by atoms with Crippen LogP contribution in [-0.2, 0) is 0 Å². The number of H-pyrrole nitrogens is 2. The van der Waals surface area contributed by atoms with Gasteiger partial charge in [0.15, 0.2) is 0 Å². The fourth-order valence-corrected chi connectivity index (χ4v) is 3.59. The number of benzene rings is 2. The molecule has 0 amide bonds. The van der Waals surface area contributed by atoms with E-state index in [1.54, 1.807) is 0 Å². The van der Waals surface area contributed by atoms with Gasteiger partial charge in [-0.15, -0.1) is 11.6 Å². The number of nitrogens with one attached hydrogen (secondary N) is 2. The summed E-state index contributed by atoms with van der Waals surface area (Å²) in [5, 5.41) is -0.276. The quantitative estimate of drug-likeness (QED) is 0.642. The molecule has 3 nitrogen and oxygen atoms in total. The average molecular weight is 366 g/mol. The molecule has 0 spiro atoms. The Hall–Kier alpha value is -1.52. The second-order valence-corrected chi connectivity index (χ2v) is 6.51. The maximum atomic E-state index is 11.4. The van der Waals surface area contributed by atoms with Crippen molar-refractivity contribution in [2.45, 2.75) is 19.2 Å². The highest BCUT2D eigenvalue weighted by Gasteiger charge is 2.17. The van der Waals surface area contributed by atoms with E-state index >= 15 is 0 Å². The van der Waals surface area contributed by atoms with E-state index in [0.29, 0.717) is 0 Å². The molecule has 0 aliphatic carbocycles. The van der Waals surface area contributed by atoms with Crippen LogP contribution >= 0.6 is 27.5 Å². The lowest BCUT2D eigenvalue weighted by Gasteiger charge is -2.16. The lowest BCUT2D eigenvalue weighted by atomic mass is 9.98. The Kier molecular flexibility index (Phi) is 3.68. The molecule has 5 heteroatoms. The number of hydrogen-bond acceptors (Lipinski definition) is 1. The monoisotopic (exact) mass is 364 g/mol. The SMILES string of the molecule is Cc1ccc(C)c(C(Cl)c2cc3[nH]c(=O)[nH]c3cc2Br)c1. The summed E-state index contributed by atoms with van der Waals surface area (Å²) in [6.07, 6.45) is 0. The van der Waals surface area contributed by atoms with Crippen LogP contribution in [0, 0.1) is 13.8 Å². The van der Waals surface area contributed by atoms with Crippen molar-refractivity contribution in [3.8, 4) is 0 Å². The topological polar surface area (TPSA) is 48.6 Å². The van der Waals surface area contributed by atoms with Gasteiger partial charge in [0.25, 0.3) is 0 Å². The van der Waals surface area contributed by atoms with E-state index < -0.39 is 0 Å². The first-order valence-electron chi connectivity index (χ1n) is 6.58. The van der Waals surface area contributed by atoms with E-state index in [-0.39, 0.29) is 11.1 Å². The third-order valence-corrected chi connectivity index (χ3v) is 4.77. The Morgan fingerprint density at radius 1 is 1.05 bits per heavy atom. The van der Waals surface area contributed by atoms with Gasteiger partial charge in [0.05, 0.1) is 16.4 Å². The predicted octanol–water partition coefficient (Wildman–Crippen LogP) is 4.56. The number of hydrogen-bond donors (Lipinski definition) is 2. The van der Waals surface area contributed by atoms with Gasteiger partial charge < -0.3 is 9.97 Å². The standard InChI is InChI=1S/C16H14BrClN2O/c1-8-3-4-9(2)10(5-8)15(18)11-6-13-14(7-12(11)17)20-16(21)19-13/h3-7,15H,1-2H3,(H2,19,20,21). The molecule has 2 N–H and O–H groups in total. The van der Waals surface area contributed by atoms with Gasteiger partial charge in [-0.1, -0.05) is 39.7 Å². The molecule has 0 aliphatic rings. The lowest BCUT2D eigenvalue weighted by Crippen LogP contribution is -1.99. The molecule has 0 bridgehead atoms. The van der Waals surface area contributed by atoms with Gasteiger partial charge in [0, 0.05) is 4.47 Å². The smallest absolute Gasteiger partial charge is 0.306 e. The minimum absolute atomic E-state index is 0.216. The number of aryl methyl sites for hydroxylation is 2. The first-order valence-corrected chi connectivity index (χ1v) is 7.81. The number of fused-ring (bicyclic) bond motifs is 1. The summed E-state index contributed by atoms with van der Waals surface area (Å²) in [7, 11) is 0. The van der Waals surface area contributed by atoms with Crippen LogP contribution in [0.3, 0.4) is 0 Å². The molecule has 108 valence electrons. The number of halogens is 2. The Balaban J connectivity index is 2.16. The first kappa shape index (κ1) is 14.4. The van der Waals surface area contributed by atoms with E-state index in [0.717, 1.165) is 32.2 Å². The summed E-state index contributed by atoms with van der Waals surface area (Å²) >= 11 is 10.2. The fraction of sp³-hybridized carbons (Fsp3) is 0.188. The van der Waals surface area contributed by atoms with Crippen LogP contribution in [0.2, 0.25) is 0 Å². The van der Waals surface area contributed by atoms with E-state index in [2.05, 4.69) is 57.9 Å². The zero-order valence-electron chi connectivity index (χ0n) is 11.6. The lowest BCUT2D eigenvalue weighted by molar-refractivity contribution is 1.10. The molecule has 1 heterocycles. The molecule has 0 saturated carbocycles. The number of rotatable bonds is 2. The number of aromatic nitrogens is 2. The highest BCUT2D eigenvalue weighted by molar-refractivity contribution is 9.10. The van der Waals surface area contributed by atoms with Gasteiger partial charge in [0.1, 0.15) is 0 Å². The summed E-state index contributed by atoms with van der Waals surface area (Å²) in [6, 6.07) is 10.0. The molecule has 0 radical (unpaired) electrons. The molecule has 21 heavy (non-hydrogen) atoms. The zero-order chi connectivity index (χ0) is 15.1. The highest BCUT2D eigenvalue weighted by atomic mass is 79.9. The Labute approximate surface area is 135 Å². The third-order valence-electron chi connectivity index (χ3n) is 3.61. The second-order valence-electron chi connectivity index (χ2n) is 5.22. The van der Waals surface area contributed by atoms with Crippen LogP contribution in [0.5, 0.6) is 0 Å². The summed E-state index contributed by atoms with van der Waals surface area (Å²) < 4.78 is 0.881. The van der Waals surface area contributed by atoms with Gasteiger partial charge in [-0.05, 0) is 42.7 Å². The Bertz CT molecular complexity index is 882. The molecule has 3 rings (SSSR count).